The molecule has 1 aromatic carbocycles. The number of furan rings is 1. The molecule has 1 heterocycles. The van der Waals surface area contributed by atoms with E-state index in [1.54, 1.807) is 0 Å². The maximum absolute atomic E-state index is 13.1. The average molecular weight is 286 g/mol. The molecule has 0 saturated carbocycles. The van der Waals surface area contributed by atoms with Gasteiger partial charge in [-0.25, -0.2) is 4.39 Å². The zero-order valence-electron chi connectivity index (χ0n) is 9.18. The SMILES string of the molecule is CC(C)NCc1cc2cc(F)cc(Br)c2o1. The summed E-state index contributed by atoms with van der Waals surface area (Å²) >= 11 is 3.29. The van der Waals surface area contributed by atoms with Crippen molar-refractivity contribution in [2.24, 2.45) is 0 Å². The van der Waals surface area contributed by atoms with Gasteiger partial charge in [0.1, 0.15) is 17.2 Å². The molecule has 2 nitrogen and oxygen atoms in total. The Morgan fingerprint density at radius 3 is 2.81 bits per heavy atom. The molecule has 0 saturated heterocycles. The van der Waals surface area contributed by atoms with Gasteiger partial charge in [0.05, 0.1) is 11.0 Å². The summed E-state index contributed by atoms with van der Waals surface area (Å²) in [5, 5.41) is 4.04. The first-order chi connectivity index (χ1) is 7.56. The van der Waals surface area contributed by atoms with Gasteiger partial charge in [-0.2, -0.15) is 0 Å². The lowest BCUT2D eigenvalue weighted by molar-refractivity contribution is 0.487. The second-order valence-corrected chi connectivity index (χ2v) is 4.91. The highest BCUT2D eigenvalue weighted by Crippen LogP contribution is 2.28. The molecule has 0 aliphatic carbocycles. The van der Waals surface area contributed by atoms with Crippen molar-refractivity contribution < 1.29 is 8.81 Å². The maximum atomic E-state index is 13.1. The molecular weight excluding hydrogens is 273 g/mol. The molecule has 86 valence electrons. The van der Waals surface area contributed by atoms with Gasteiger partial charge in [0, 0.05) is 11.4 Å². The number of halogens is 2. The molecule has 1 aromatic heterocycles. The molecule has 0 aliphatic rings. The molecule has 0 unspecified atom stereocenters. The van der Waals surface area contributed by atoms with Crippen molar-refractivity contribution in [3.05, 3.63) is 34.2 Å². The molecule has 16 heavy (non-hydrogen) atoms. The Hall–Kier alpha value is -0.870. The van der Waals surface area contributed by atoms with Crippen LogP contribution in [0.15, 0.2) is 27.1 Å². The first-order valence-corrected chi connectivity index (χ1v) is 5.96. The normalized spacial score (nSPS) is 11.6. The summed E-state index contributed by atoms with van der Waals surface area (Å²) in [6.45, 7) is 4.79. The summed E-state index contributed by atoms with van der Waals surface area (Å²) in [4.78, 5) is 0. The molecule has 1 N–H and O–H groups in total. The van der Waals surface area contributed by atoms with Crippen LogP contribution in [0.1, 0.15) is 19.6 Å². The first-order valence-electron chi connectivity index (χ1n) is 5.17. The van der Waals surface area contributed by atoms with Gasteiger partial charge in [0.25, 0.3) is 0 Å². The molecule has 0 radical (unpaired) electrons. The van der Waals surface area contributed by atoms with Crippen LogP contribution in [0.2, 0.25) is 0 Å². The molecule has 2 rings (SSSR count). The molecule has 0 bridgehead atoms. The van der Waals surface area contributed by atoms with Crippen LogP contribution in [0.4, 0.5) is 4.39 Å². The molecule has 0 aliphatic heterocycles. The van der Waals surface area contributed by atoms with Gasteiger partial charge in [-0.15, -0.1) is 0 Å². The zero-order chi connectivity index (χ0) is 11.7. The van der Waals surface area contributed by atoms with E-state index in [1.807, 2.05) is 6.07 Å². The fourth-order valence-corrected chi connectivity index (χ4v) is 2.05. The van der Waals surface area contributed by atoms with Crippen molar-refractivity contribution >= 4 is 26.9 Å². The summed E-state index contributed by atoms with van der Waals surface area (Å²) in [6.07, 6.45) is 0. The van der Waals surface area contributed by atoms with Gasteiger partial charge in [-0.05, 0) is 34.1 Å². The second-order valence-electron chi connectivity index (χ2n) is 4.05. The third-order valence-electron chi connectivity index (χ3n) is 2.27. The van der Waals surface area contributed by atoms with E-state index >= 15 is 0 Å². The topological polar surface area (TPSA) is 25.2 Å². The monoisotopic (exact) mass is 285 g/mol. The summed E-state index contributed by atoms with van der Waals surface area (Å²) in [5.74, 6) is 0.554. The standard InChI is InChI=1S/C12H13BrFNO/c1-7(2)15-6-10-4-8-3-9(14)5-11(13)12(8)16-10/h3-5,7,15H,6H2,1-2H3. The number of benzene rings is 1. The molecule has 0 amide bonds. The summed E-state index contributed by atoms with van der Waals surface area (Å²) in [7, 11) is 0. The van der Waals surface area contributed by atoms with Crippen molar-refractivity contribution in [1.29, 1.82) is 0 Å². The van der Waals surface area contributed by atoms with Crippen molar-refractivity contribution in [2.45, 2.75) is 26.4 Å². The Morgan fingerprint density at radius 2 is 2.12 bits per heavy atom. The zero-order valence-corrected chi connectivity index (χ0v) is 10.8. The van der Waals surface area contributed by atoms with Gasteiger partial charge < -0.3 is 9.73 Å². The highest BCUT2D eigenvalue weighted by molar-refractivity contribution is 9.10. The van der Waals surface area contributed by atoms with Gasteiger partial charge in [0.15, 0.2) is 0 Å². The second kappa shape index (κ2) is 4.55. The highest BCUT2D eigenvalue weighted by Gasteiger charge is 2.09. The van der Waals surface area contributed by atoms with Crippen LogP contribution in [0.25, 0.3) is 11.0 Å². The third kappa shape index (κ3) is 2.44. The lowest BCUT2D eigenvalue weighted by atomic mass is 10.2. The Kier molecular flexibility index (Phi) is 3.30. The number of nitrogens with one attached hydrogen (secondary N) is 1. The highest BCUT2D eigenvalue weighted by atomic mass is 79.9. The van der Waals surface area contributed by atoms with Crippen LogP contribution in [-0.4, -0.2) is 6.04 Å². The minimum absolute atomic E-state index is 0.261. The molecule has 0 spiro atoms. The molecule has 0 atom stereocenters. The van der Waals surface area contributed by atoms with Crippen LogP contribution in [0.3, 0.4) is 0 Å². The lowest BCUT2D eigenvalue weighted by Crippen LogP contribution is -2.21. The Bertz CT molecular complexity index is 507. The molecular formula is C12H13BrFNO. The minimum atomic E-state index is -0.261. The predicted molar refractivity (Wildman–Crippen MR) is 65.8 cm³/mol. The van der Waals surface area contributed by atoms with Gasteiger partial charge in [-0.3, -0.25) is 0 Å². The van der Waals surface area contributed by atoms with Crippen molar-refractivity contribution in [3.8, 4) is 0 Å². The number of hydrogen-bond donors (Lipinski definition) is 1. The van der Waals surface area contributed by atoms with E-state index in [1.165, 1.54) is 12.1 Å². The van der Waals surface area contributed by atoms with Crippen LogP contribution < -0.4 is 5.32 Å². The van der Waals surface area contributed by atoms with E-state index in [-0.39, 0.29) is 5.82 Å². The minimum Gasteiger partial charge on any atom is -0.459 e. The Labute approximate surface area is 102 Å². The van der Waals surface area contributed by atoms with Gasteiger partial charge >= 0.3 is 0 Å². The number of hydrogen-bond acceptors (Lipinski definition) is 2. The van der Waals surface area contributed by atoms with E-state index in [0.717, 1.165) is 11.1 Å². The average Bonchev–Trinajstić information content (AvgIpc) is 2.57. The number of rotatable bonds is 3. The lowest BCUT2D eigenvalue weighted by Gasteiger charge is -2.04. The number of fused-ring (bicyclic) bond motifs is 1. The summed E-state index contributed by atoms with van der Waals surface area (Å²) in [6, 6.07) is 5.14. The van der Waals surface area contributed by atoms with Crippen molar-refractivity contribution in [1.82, 2.24) is 5.32 Å². The smallest absolute Gasteiger partial charge is 0.148 e. The van der Waals surface area contributed by atoms with E-state index in [0.29, 0.717) is 22.6 Å². The van der Waals surface area contributed by atoms with Gasteiger partial charge in [0.2, 0.25) is 0 Å². The van der Waals surface area contributed by atoms with E-state index < -0.39 is 0 Å². The van der Waals surface area contributed by atoms with Crippen LogP contribution in [-0.2, 0) is 6.54 Å². The fraction of sp³-hybridized carbons (Fsp3) is 0.333. The summed E-state index contributed by atoms with van der Waals surface area (Å²) < 4.78 is 19.4. The quantitative estimate of drug-likeness (QED) is 0.927. The van der Waals surface area contributed by atoms with Gasteiger partial charge in [-0.1, -0.05) is 13.8 Å². The maximum Gasteiger partial charge on any atom is 0.148 e. The largest absolute Gasteiger partial charge is 0.459 e. The third-order valence-corrected chi connectivity index (χ3v) is 2.86. The Morgan fingerprint density at radius 1 is 1.38 bits per heavy atom. The van der Waals surface area contributed by atoms with E-state index in [4.69, 9.17) is 4.42 Å². The Balaban J connectivity index is 2.33. The van der Waals surface area contributed by atoms with Crippen LogP contribution >= 0.6 is 15.9 Å². The van der Waals surface area contributed by atoms with Crippen molar-refractivity contribution in [3.63, 3.8) is 0 Å². The molecule has 2 aromatic rings. The molecule has 4 heteroatoms. The van der Waals surface area contributed by atoms with Crippen LogP contribution in [0, 0.1) is 5.82 Å². The molecule has 0 fully saturated rings. The predicted octanol–water partition coefficient (Wildman–Crippen LogP) is 3.83. The van der Waals surface area contributed by atoms with E-state index in [2.05, 4.69) is 35.1 Å². The summed E-state index contributed by atoms with van der Waals surface area (Å²) in [5.41, 5.74) is 0.696. The first kappa shape index (κ1) is 11.6. The van der Waals surface area contributed by atoms with Crippen LogP contribution in [0.5, 0.6) is 0 Å². The van der Waals surface area contributed by atoms with E-state index in [9.17, 15) is 4.39 Å². The fourth-order valence-electron chi connectivity index (χ4n) is 1.52. The van der Waals surface area contributed by atoms with Crippen molar-refractivity contribution in [2.75, 3.05) is 0 Å².